The Bertz CT molecular complexity index is 692. The van der Waals surface area contributed by atoms with Crippen LogP contribution < -0.4 is 4.74 Å². The summed E-state index contributed by atoms with van der Waals surface area (Å²) in [4.78, 5) is 0. The summed E-state index contributed by atoms with van der Waals surface area (Å²) in [5.41, 5.74) is 0. The summed E-state index contributed by atoms with van der Waals surface area (Å²) in [6.45, 7) is 1.88. The number of benzene rings is 2. The third kappa shape index (κ3) is 3.63. The Labute approximate surface area is 118 Å². The van der Waals surface area contributed by atoms with Gasteiger partial charge in [0.1, 0.15) is 6.61 Å². The van der Waals surface area contributed by atoms with Crippen molar-refractivity contribution in [2.75, 3.05) is 18.1 Å². The highest BCUT2D eigenvalue weighted by atomic mass is 32.2. The van der Waals surface area contributed by atoms with Gasteiger partial charge in [-0.2, -0.15) is 0 Å². The van der Waals surface area contributed by atoms with Gasteiger partial charge in [-0.3, -0.25) is 0 Å². The minimum Gasteiger partial charge on any atom is -0.504 e. The topological polar surface area (TPSA) is 63.6 Å². The first-order valence-electron chi connectivity index (χ1n) is 6.57. The fourth-order valence-corrected chi connectivity index (χ4v) is 3.18. The van der Waals surface area contributed by atoms with E-state index in [9.17, 15) is 13.5 Å². The lowest BCUT2D eigenvalue weighted by Crippen LogP contribution is -2.16. The van der Waals surface area contributed by atoms with Crippen molar-refractivity contribution in [1.29, 1.82) is 0 Å². The van der Waals surface area contributed by atoms with E-state index in [2.05, 4.69) is 0 Å². The first-order valence-corrected chi connectivity index (χ1v) is 8.39. The standard InChI is InChI=1S/C15H18O4S/c1-2-8-20(17,18)9-7-19-15-11-13-6-4-3-5-12(13)10-14(15)16/h3-6,10-11,16H,2,7-9H2,1H3. The smallest absolute Gasteiger partial charge is 0.161 e. The highest BCUT2D eigenvalue weighted by Gasteiger charge is 2.11. The molecule has 0 aliphatic carbocycles. The van der Waals surface area contributed by atoms with Gasteiger partial charge in [-0.15, -0.1) is 0 Å². The Morgan fingerprint density at radius 1 is 1.10 bits per heavy atom. The molecule has 0 saturated heterocycles. The van der Waals surface area contributed by atoms with E-state index in [-0.39, 0.29) is 23.9 Å². The van der Waals surface area contributed by atoms with Crippen LogP contribution in [0.2, 0.25) is 0 Å². The Kier molecular flexibility index (Phi) is 4.49. The van der Waals surface area contributed by atoms with E-state index in [0.29, 0.717) is 12.2 Å². The summed E-state index contributed by atoms with van der Waals surface area (Å²) in [6.07, 6.45) is 0.601. The zero-order valence-corrected chi connectivity index (χ0v) is 12.2. The zero-order chi connectivity index (χ0) is 14.6. The monoisotopic (exact) mass is 294 g/mol. The largest absolute Gasteiger partial charge is 0.504 e. The summed E-state index contributed by atoms with van der Waals surface area (Å²) < 4.78 is 28.5. The lowest BCUT2D eigenvalue weighted by atomic mass is 10.1. The van der Waals surface area contributed by atoms with Gasteiger partial charge in [0.2, 0.25) is 0 Å². The van der Waals surface area contributed by atoms with Gasteiger partial charge in [0.15, 0.2) is 21.3 Å². The number of rotatable bonds is 6. The molecule has 0 aliphatic rings. The molecule has 0 amide bonds. The second kappa shape index (κ2) is 6.13. The second-order valence-electron chi connectivity index (χ2n) is 4.67. The van der Waals surface area contributed by atoms with Crippen LogP contribution in [0.15, 0.2) is 36.4 Å². The van der Waals surface area contributed by atoms with Crippen molar-refractivity contribution in [2.24, 2.45) is 0 Å². The van der Waals surface area contributed by atoms with Gasteiger partial charge in [-0.1, -0.05) is 31.2 Å². The summed E-state index contributed by atoms with van der Waals surface area (Å²) in [7, 11) is -3.06. The SMILES string of the molecule is CCCS(=O)(=O)CCOc1cc2ccccc2cc1O. The van der Waals surface area contributed by atoms with Gasteiger partial charge >= 0.3 is 0 Å². The number of phenols is 1. The molecule has 0 saturated carbocycles. The molecule has 0 aliphatic heterocycles. The van der Waals surface area contributed by atoms with Crippen LogP contribution in [0.3, 0.4) is 0 Å². The van der Waals surface area contributed by atoms with E-state index < -0.39 is 9.84 Å². The van der Waals surface area contributed by atoms with Crippen molar-refractivity contribution >= 4 is 20.6 Å². The van der Waals surface area contributed by atoms with Crippen LogP contribution in [-0.4, -0.2) is 31.6 Å². The molecule has 2 aromatic carbocycles. The minimum absolute atomic E-state index is 0.0246. The van der Waals surface area contributed by atoms with Gasteiger partial charge in [0.05, 0.1) is 11.5 Å². The Balaban J connectivity index is 2.08. The fraction of sp³-hybridized carbons (Fsp3) is 0.333. The van der Waals surface area contributed by atoms with Crippen LogP contribution >= 0.6 is 0 Å². The first-order chi connectivity index (χ1) is 9.52. The van der Waals surface area contributed by atoms with Crippen molar-refractivity contribution in [2.45, 2.75) is 13.3 Å². The van der Waals surface area contributed by atoms with E-state index in [1.807, 2.05) is 31.2 Å². The first kappa shape index (κ1) is 14.7. The average molecular weight is 294 g/mol. The second-order valence-corrected chi connectivity index (χ2v) is 6.97. The van der Waals surface area contributed by atoms with E-state index >= 15 is 0 Å². The molecular weight excluding hydrogens is 276 g/mol. The number of hydrogen-bond donors (Lipinski definition) is 1. The van der Waals surface area contributed by atoms with Gasteiger partial charge in [0.25, 0.3) is 0 Å². The van der Waals surface area contributed by atoms with Gasteiger partial charge < -0.3 is 9.84 Å². The molecule has 2 aromatic rings. The van der Waals surface area contributed by atoms with Gasteiger partial charge in [0, 0.05) is 0 Å². The predicted molar refractivity (Wildman–Crippen MR) is 80.1 cm³/mol. The molecule has 4 nitrogen and oxygen atoms in total. The molecule has 0 radical (unpaired) electrons. The maximum absolute atomic E-state index is 11.6. The molecule has 0 atom stereocenters. The maximum atomic E-state index is 11.6. The Morgan fingerprint density at radius 2 is 1.75 bits per heavy atom. The lowest BCUT2D eigenvalue weighted by molar-refractivity contribution is 0.319. The van der Waals surface area contributed by atoms with Gasteiger partial charge in [-0.05, 0) is 29.3 Å². The van der Waals surface area contributed by atoms with E-state index in [1.54, 1.807) is 12.1 Å². The van der Waals surface area contributed by atoms with Crippen LogP contribution in [-0.2, 0) is 9.84 Å². The van der Waals surface area contributed by atoms with Crippen molar-refractivity contribution in [1.82, 2.24) is 0 Å². The Hall–Kier alpha value is -1.75. The summed E-state index contributed by atoms with van der Waals surface area (Å²) in [6, 6.07) is 10.9. The molecule has 0 unspecified atom stereocenters. The highest BCUT2D eigenvalue weighted by molar-refractivity contribution is 7.91. The summed E-state index contributed by atoms with van der Waals surface area (Å²) in [5, 5.41) is 11.7. The zero-order valence-electron chi connectivity index (χ0n) is 11.4. The van der Waals surface area contributed by atoms with Crippen molar-refractivity contribution < 1.29 is 18.3 Å². The van der Waals surface area contributed by atoms with E-state index in [4.69, 9.17) is 4.74 Å². The molecule has 108 valence electrons. The molecule has 0 aromatic heterocycles. The van der Waals surface area contributed by atoms with Crippen LogP contribution in [0.5, 0.6) is 11.5 Å². The quantitative estimate of drug-likeness (QED) is 0.889. The normalized spacial score (nSPS) is 11.7. The van der Waals surface area contributed by atoms with E-state index in [1.165, 1.54) is 0 Å². The minimum atomic E-state index is -3.06. The summed E-state index contributed by atoms with van der Waals surface area (Å²) in [5.74, 6) is 0.472. The molecule has 20 heavy (non-hydrogen) atoms. The number of hydrogen-bond acceptors (Lipinski definition) is 4. The molecule has 0 fully saturated rings. The van der Waals surface area contributed by atoms with E-state index in [0.717, 1.165) is 10.8 Å². The number of aromatic hydroxyl groups is 1. The van der Waals surface area contributed by atoms with Crippen LogP contribution in [0.25, 0.3) is 10.8 Å². The van der Waals surface area contributed by atoms with Crippen molar-refractivity contribution in [3.63, 3.8) is 0 Å². The predicted octanol–water partition coefficient (Wildman–Crippen LogP) is 2.75. The number of fused-ring (bicyclic) bond motifs is 1. The van der Waals surface area contributed by atoms with Crippen molar-refractivity contribution in [3.05, 3.63) is 36.4 Å². The molecule has 1 N–H and O–H groups in total. The van der Waals surface area contributed by atoms with Crippen LogP contribution in [0.4, 0.5) is 0 Å². The molecule has 0 spiro atoms. The number of ether oxygens (including phenoxy) is 1. The van der Waals surface area contributed by atoms with Crippen LogP contribution in [0, 0.1) is 0 Å². The fourth-order valence-electron chi connectivity index (χ4n) is 2.01. The number of phenolic OH excluding ortho intramolecular Hbond substituents is 1. The third-order valence-corrected chi connectivity index (χ3v) is 4.81. The Morgan fingerprint density at radius 3 is 2.40 bits per heavy atom. The lowest BCUT2D eigenvalue weighted by Gasteiger charge is -2.09. The molecule has 2 rings (SSSR count). The highest BCUT2D eigenvalue weighted by Crippen LogP contribution is 2.31. The number of sulfone groups is 1. The molecular formula is C15H18O4S. The van der Waals surface area contributed by atoms with Crippen LogP contribution in [0.1, 0.15) is 13.3 Å². The van der Waals surface area contributed by atoms with Gasteiger partial charge in [-0.25, -0.2) is 8.42 Å². The average Bonchev–Trinajstić information content (AvgIpc) is 2.39. The molecule has 0 bridgehead atoms. The maximum Gasteiger partial charge on any atom is 0.161 e. The molecule has 5 heteroatoms. The van der Waals surface area contributed by atoms with Crippen molar-refractivity contribution in [3.8, 4) is 11.5 Å². The summed E-state index contributed by atoms with van der Waals surface area (Å²) >= 11 is 0. The molecule has 0 heterocycles. The third-order valence-electron chi connectivity index (χ3n) is 2.99.